The molecule has 0 fully saturated rings. The Morgan fingerprint density at radius 2 is 2.26 bits per heavy atom. The zero-order valence-electron chi connectivity index (χ0n) is 11.3. The number of hydrogen-bond donors (Lipinski definition) is 0. The van der Waals surface area contributed by atoms with Crippen molar-refractivity contribution in [3.05, 3.63) is 29.6 Å². The fourth-order valence-corrected chi connectivity index (χ4v) is 2.22. The quantitative estimate of drug-likeness (QED) is 0.731. The summed E-state index contributed by atoms with van der Waals surface area (Å²) in [6.07, 6.45) is 1.66. The Morgan fingerprint density at radius 1 is 1.53 bits per heavy atom. The molecule has 2 heterocycles. The van der Waals surface area contributed by atoms with Gasteiger partial charge in [-0.2, -0.15) is 0 Å². The molecule has 0 radical (unpaired) electrons. The number of fused-ring (bicyclic) bond motifs is 1. The summed E-state index contributed by atoms with van der Waals surface area (Å²) in [5, 5.41) is 1.17. The van der Waals surface area contributed by atoms with E-state index >= 15 is 0 Å². The molecule has 1 aromatic rings. The van der Waals surface area contributed by atoms with Gasteiger partial charge in [-0.25, -0.2) is 5.06 Å². The van der Waals surface area contributed by atoms with Crippen LogP contribution in [-0.4, -0.2) is 47.5 Å². The van der Waals surface area contributed by atoms with Crippen molar-refractivity contribution < 1.29 is 14.4 Å². The normalized spacial score (nSPS) is 17.8. The standard InChI is InChI=1S/C13H17N3O3/c1-9(17)16-7-10-5-4-6-14-12(10)11(8-16)13(18)15(2)19-3/h4-6,11H,7-8H2,1-3H3. The smallest absolute Gasteiger partial charge is 0.256 e. The number of hydrogen-bond acceptors (Lipinski definition) is 4. The molecular formula is C13H17N3O3. The van der Waals surface area contributed by atoms with Crippen LogP contribution < -0.4 is 0 Å². The molecule has 0 spiro atoms. The van der Waals surface area contributed by atoms with Crippen molar-refractivity contribution in [2.24, 2.45) is 0 Å². The van der Waals surface area contributed by atoms with Crippen LogP contribution in [0.2, 0.25) is 0 Å². The second kappa shape index (κ2) is 5.36. The third-order valence-electron chi connectivity index (χ3n) is 3.35. The van der Waals surface area contributed by atoms with Gasteiger partial charge < -0.3 is 4.90 Å². The topological polar surface area (TPSA) is 62.7 Å². The second-order valence-corrected chi connectivity index (χ2v) is 4.52. The minimum absolute atomic E-state index is 0.0487. The van der Waals surface area contributed by atoms with Crippen LogP contribution >= 0.6 is 0 Å². The number of rotatable bonds is 2. The first-order valence-electron chi connectivity index (χ1n) is 6.05. The molecule has 1 atom stereocenters. The highest BCUT2D eigenvalue weighted by atomic mass is 16.7. The lowest BCUT2D eigenvalue weighted by Gasteiger charge is -2.33. The van der Waals surface area contributed by atoms with Crippen molar-refractivity contribution in [1.82, 2.24) is 14.9 Å². The number of carbonyl (C=O) groups is 2. The maximum Gasteiger partial charge on any atom is 0.256 e. The molecule has 1 aromatic heterocycles. The van der Waals surface area contributed by atoms with E-state index in [2.05, 4.69) is 4.98 Å². The Bertz CT molecular complexity index is 504. The largest absolute Gasteiger partial charge is 0.337 e. The average molecular weight is 263 g/mol. The van der Waals surface area contributed by atoms with Crippen molar-refractivity contribution in [3.63, 3.8) is 0 Å². The van der Waals surface area contributed by atoms with Gasteiger partial charge in [-0.3, -0.25) is 19.4 Å². The monoisotopic (exact) mass is 263 g/mol. The summed E-state index contributed by atoms with van der Waals surface area (Å²) in [5.41, 5.74) is 1.64. The fourth-order valence-electron chi connectivity index (χ4n) is 2.22. The number of likely N-dealkylation sites (N-methyl/N-ethyl adjacent to an activating group) is 1. The van der Waals surface area contributed by atoms with Crippen molar-refractivity contribution in [3.8, 4) is 0 Å². The van der Waals surface area contributed by atoms with Crippen LogP contribution in [0, 0.1) is 0 Å². The van der Waals surface area contributed by atoms with Crippen molar-refractivity contribution in [2.75, 3.05) is 20.7 Å². The minimum atomic E-state index is -0.473. The molecule has 0 aromatic carbocycles. The Morgan fingerprint density at radius 3 is 2.89 bits per heavy atom. The SMILES string of the molecule is CON(C)C(=O)C1CN(C(C)=O)Cc2cccnc21. The van der Waals surface area contributed by atoms with Crippen LogP contribution in [-0.2, 0) is 21.0 Å². The molecule has 0 saturated heterocycles. The molecule has 102 valence electrons. The average Bonchev–Trinajstić information content (AvgIpc) is 2.44. The third kappa shape index (κ3) is 2.58. The highest BCUT2D eigenvalue weighted by Crippen LogP contribution is 2.27. The van der Waals surface area contributed by atoms with Crippen LogP contribution in [0.25, 0.3) is 0 Å². The van der Waals surface area contributed by atoms with Crippen LogP contribution in [0.15, 0.2) is 18.3 Å². The Labute approximate surface area is 111 Å². The lowest BCUT2D eigenvalue weighted by atomic mass is 9.94. The van der Waals surface area contributed by atoms with E-state index in [1.807, 2.05) is 12.1 Å². The van der Waals surface area contributed by atoms with Crippen molar-refractivity contribution in [2.45, 2.75) is 19.4 Å². The fraction of sp³-hybridized carbons (Fsp3) is 0.462. The van der Waals surface area contributed by atoms with E-state index in [0.717, 1.165) is 11.3 Å². The summed E-state index contributed by atoms with van der Waals surface area (Å²) in [5.74, 6) is -0.723. The lowest BCUT2D eigenvalue weighted by molar-refractivity contribution is -0.171. The molecule has 0 bridgehead atoms. The summed E-state index contributed by atoms with van der Waals surface area (Å²) in [6.45, 7) is 2.34. The van der Waals surface area contributed by atoms with E-state index in [-0.39, 0.29) is 11.8 Å². The Kier molecular flexibility index (Phi) is 3.80. The molecule has 2 amide bonds. The second-order valence-electron chi connectivity index (χ2n) is 4.52. The highest BCUT2D eigenvalue weighted by Gasteiger charge is 2.34. The van der Waals surface area contributed by atoms with Crippen LogP contribution in [0.5, 0.6) is 0 Å². The maximum atomic E-state index is 12.3. The number of nitrogens with zero attached hydrogens (tertiary/aromatic N) is 3. The van der Waals surface area contributed by atoms with Crippen molar-refractivity contribution >= 4 is 11.8 Å². The number of pyridine rings is 1. The molecule has 0 saturated carbocycles. The number of aromatic nitrogens is 1. The highest BCUT2D eigenvalue weighted by molar-refractivity contribution is 5.84. The van der Waals surface area contributed by atoms with Crippen molar-refractivity contribution in [1.29, 1.82) is 0 Å². The molecule has 1 aliphatic rings. The van der Waals surface area contributed by atoms with E-state index in [9.17, 15) is 9.59 Å². The van der Waals surface area contributed by atoms with E-state index in [0.29, 0.717) is 13.1 Å². The molecule has 1 unspecified atom stereocenters. The van der Waals surface area contributed by atoms with Crippen LogP contribution in [0.4, 0.5) is 0 Å². The van der Waals surface area contributed by atoms with E-state index in [1.54, 1.807) is 18.1 Å². The van der Waals surface area contributed by atoms with Gasteiger partial charge in [-0.1, -0.05) is 6.07 Å². The number of hydroxylamine groups is 2. The maximum absolute atomic E-state index is 12.3. The lowest BCUT2D eigenvalue weighted by Crippen LogP contribution is -2.43. The van der Waals surface area contributed by atoms with Gasteiger partial charge in [0, 0.05) is 33.3 Å². The van der Waals surface area contributed by atoms with Gasteiger partial charge >= 0.3 is 0 Å². The molecule has 2 rings (SSSR count). The zero-order chi connectivity index (χ0) is 14.0. The van der Waals surface area contributed by atoms with Gasteiger partial charge in [0.1, 0.15) is 5.92 Å². The Hall–Kier alpha value is -1.95. The van der Waals surface area contributed by atoms with E-state index in [1.165, 1.54) is 19.1 Å². The molecular weight excluding hydrogens is 246 g/mol. The van der Waals surface area contributed by atoms with Gasteiger partial charge in [0.2, 0.25) is 5.91 Å². The van der Waals surface area contributed by atoms with Gasteiger partial charge in [-0.05, 0) is 11.6 Å². The van der Waals surface area contributed by atoms with Crippen LogP contribution in [0.1, 0.15) is 24.1 Å². The minimum Gasteiger partial charge on any atom is -0.337 e. The number of amides is 2. The van der Waals surface area contributed by atoms with Crippen LogP contribution in [0.3, 0.4) is 0 Å². The summed E-state index contributed by atoms with van der Waals surface area (Å²) < 4.78 is 0. The zero-order valence-corrected chi connectivity index (χ0v) is 11.3. The molecule has 19 heavy (non-hydrogen) atoms. The van der Waals surface area contributed by atoms with E-state index < -0.39 is 5.92 Å². The van der Waals surface area contributed by atoms with Gasteiger partial charge in [-0.15, -0.1) is 0 Å². The molecule has 6 heteroatoms. The molecule has 1 aliphatic heterocycles. The molecule has 0 aliphatic carbocycles. The predicted octanol–water partition coefficient (Wildman–Crippen LogP) is 0.547. The molecule has 0 N–H and O–H groups in total. The summed E-state index contributed by atoms with van der Waals surface area (Å²) in [4.78, 5) is 34.7. The first kappa shape index (κ1) is 13.5. The van der Waals surface area contributed by atoms with Gasteiger partial charge in [0.25, 0.3) is 5.91 Å². The first-order valence-corrected chi connectivity index (χ1v) is 6.05. The summed E-state index contributed by atoms with van der Waals surface area (Å²) in [7, 11) is 2.99. The summed E-state index contributed by atoms with van der Waals surface area (Å²) in [6, 6.07) is 3.70. The van der Waals surface area contributed by atoms with Gasteiger partial charge in [0.15, 0.2) is 0 Å². The van der Waals surface area contributed by atoms with E-state index in [4.69, 9.17) is 4.84 Å². The number of carbonyl (C=O) groups excluding carboxylic acids is 2. The summed E-state index contributed by atoms with van der Waals surface area (Å²) >= 11 is 0. The Balaban J connectivity index is 2.36. The first-order chi connectivity index (χ1) is 9.04. The molecule has 6 nitrogen and oxygen atoms in total. The van der Waals surface area contributed by atoms with Gasteiger partial charge in [0.05, 0.1) is 12.8 Å². The third-order valence-corrected chi connectivity index (χ3v) is 3.35. The predicted molar refractivity (Wildman–Crippen MR) is 67.8 cm³/mol.